The monoisotopic (exact) mass is 287 g/mol. The summed E-state index contributed by atoms with van der Waals surface area (Å²) >= 11 is 1.13. The number of amides is 1. The second-order valence-electron chi connectivity index (χ2n) is 4.09. The molecule has 2 unspecified atom stereocenters. The highest BCUT2D eigenvalue weighted by Gasteiger charge is 2.20. The fraction of sp³-hybridized carbons (Fsp3) is 0.700. The highest BCUT2D eigenvalue weighted by Crippen LogP contribution is 2.20. The normalized spacial score (nSPS) is 13.8. The zero-order valence-corrected chi connectivity index (χ0v) is 11.8. The zero-order valence-electron chi connectivity index (χ0n) is 11.0. The number of thioether (sulfide) groups is 1. The lowest BCUT2D eigenvalue weighted by Gasteiger charge is -2.15. The van der Waals surface area contributed by atoms with E-state index in [9.17, 15) is 9.59 Å². The van der Waals surface area contributed by atoms with Gasteiger partial charge in [0.25, 0.3) is 0 Å². The number of hydrogen-bond donors (Lipinski definition) is 2. The molecule has 0 saturated heterocycles. The fourth-order valence-electron chi connectivity index (χ4n) is 1.18. The van der Waals surface area contributed by atoms with Gasteiger partial charge in [-0.1, -0.05) is 18.7 Å². The lowest BCUT2D eigenvalue weighted by Crippen LogP contribution is -2.37. The summed E-state index contributed by atoms with van der Waals surface area (Å²) in [6.45, 7) is 5.30. The summed E-state index contributed by atoms with van der Waals surface area (Å²) in [5, 5.41) is 22.2. The van der Waals surface area contributed by atoms with Gasteiger partial charge in [0.15, 0.2) is 0 Å². The van der Waals surface area contributed by atoms with Crippen LogP contribution in [0, 0.1) is 0 Å². The van der Waals surface area contributed by atoms with Crippen LogP contribution in [0.25, 0.3) is 0 Å². The van der Waals surface area contributed by atoms with E-state index in [0.29, 0.717) is 5.16 Å². The summed E-state index contributed by atoms with van der Waals surface area (Å²) in [6, 6.07) is 0.102. The molecule has 0 aliphatic rings. The van der Waals surface area contributed by atoms with E-state index in [1.807, 2.05) is 13.8 Å². The maximum absolute atomic E-state index is 11.8. The second kappa shape index (κ2) is 7.07. The van der Waals surface area contributed by atoms with Gasteiger partial charge in [-0.3, -0.25) is 9.59 Å². The number of aromatic nitrogens is 4. The number of carboxylic acid groups (broad SMARTS) is 1. The van der Waals surface area contributed by atoms with Gasteiger partial charge in [-0.25, -0.2) is 4.68 Å². The minimum Gasteiger partial charge on any atom is -0.480 e. The van der Waals surface area contributed by atoms with Crippen molar-refractivity contribution in [1.29, 1.82) is 0 Å². The molecule has 2 N–H and O–H groups in total. The quantitative estimate of drug-likeness (QED) is 0.687. The molecular weight excluding hydrogens is 270 g/mol. The van der Waals surface area contributed by atoms with Gasteiger partial charge in [-0.05, 0) is 30.7 Å². The minimum absolute atomic E-state index is 0.102. The number of rotatable bonds is 7. The first-order valence-electron chi connectivity index (χ1n) is 5.89. The maximum atomic E-state index is 11.8. The number of nitrogens with zero attached hydrogens (tertiary/aromatic N) is 4. The molecule has 9 heteroatoms. The number of hydrogen-bond acceptors (Lipinski definition) is 6. The van der Waals surface area contributed by atoms with Gasteiger partial charge in [-0.15, -0.1) is 5.10 Å². The first kappa shape index (κ1) is 15.4. The van der Waals surface area contributed by atoms with E-state index in [0.717, 1.165) is 22.9 Å². The molecule has 0 fully saturated rings. The molecule has 0 aliphatic heterocycles. The third-order valence-corrected chi connectivity index (χ3v) is 3.51. The molecular formula is C10H17N5O3S. The first-order chi connectivity index (χ1) is 8.93. The van der Waals surface area contributed by atoms with Crippen molar-refractivity contribution in [3.8, 4) is 0 Å². The molecule has 1 aromatic rings. The predicted octanol–water partition coefficient (Wildman–Crippen LogP) is 0.153. The Morgan fingerprint density at radius 3 is 2.74 bits per heavy atom. The van der Waals surface area contributed by atoms with Crippen molar-refractivity contribution in [3.05, 3.63) is 0 Å². The van der Waals surface area contributed by atoms with E-state index < -0.39 is 11.2 Å². The summed E-state index contributed by atoms with van der Waals surface area (Å²) in [7, 11) is 0. The molecule has 2 atom stereocenters. The molecule has 1 aromatic heterocycles. The van der Waals surface area contributed by atoms with Gasteiger partial charge in [-0.2, -0.15) is 0 Å². The van der Waals surface area contributed by atoms with Crippen molar-refractivity contribution in [3.63, 3.8) is 0 Å². The van der Waals surface area contributed by atoms with Crippen LogP contribution in [0.4, 0.5) is 0 Å². The fourth-order valence-corrected chi connectivity index (χ4v) is 1.98. The number of carbonyl (C=O) groups excluding carboxylic acids is 1. The molecule has 0 saturated carbocycles. The predicted molar refractivity (Wildman–Crippen MR) is 68.7 cm³/mol. The Morgan fingerprint density at radius 2 is 2.16 bits per heavy atom. The summed E-state index contributed by atoms with van der Waals surface area (Å²) < 4.78 is 1.15. The molecule has 0 spiro atoms. The largest absolute Gasteiger partial charge is 0.480 e. The van der Waals surface area contributed by atoms with Gasteiger partial charge in [0.05, 0.1) is 5.25 Å². The van der Waals surface area contributed by atoms with Crippen LogP contribution in [-0.2, 0) is 16.1 Å². The van der Waals surface area contributed by atoms with Crippen LogP contribution < -0.4 is 5.32 Å². The summed E-state index contributed by atoms with van der Waals surface area (Å²) in [5.74, 6) is -1.16. The second-order valence-corrected chi connectivity index (χ2v) is 5.40. The molecule has 0 radical (unpaired) electrons. The topological polar surface area (TPSA) is 110 Å². The number of nitrogens with one attached hydrogen (secondary N) is 1. The van der Waals surface area contributed by atoms with Crippen LogP contribution in [0.15, 0.2) is 5.16 Å². The van der Waals surface area contributed by atoms with Crippen molar-refractivity contribution in [1.82, 2.24) is 25.5 Å². The van der Waals surface area contributed by atoms with E-state index in [1.165, 1.54) is 0 Å². The van der Waals surface area contributed by atoms with Crippen molar-refractivity contribution in [2.45, 2.75) is 50.2 Å². The number of tetrazole rings is 1. The van der Waals surface area contributed by atoms with Crippen LogP contribution >= 0.6 is 11.8 Å². The molecule has 8 nitrogen and oxygen atoms in total. The van der Waals surface area contributed by atoms with Gasteiger partial charge >= 0.3 is 5.97 Å². The van der Waals surface area contributed by atoms with Crippen LogP contribution in [0.1, 0.15) is 27.2 Å². The molecule has 1 heterocycles. The van der Waals surface area contributed by atoms with E-state index in [1.54, 1.807) is 6.92 Å². The first-order valence-corrected chi connectivity index (χ1v) is 6.77. The van der Waals surface area contributed by atoms with Crippen LogP contribution in [-0.4, -0.2) is 48.5 Å². The Bertz CT molecular complexity index is 450. The molecule has 1 amide bonds. The van der Waals surface area contributed by atoms with E-state index in [-0.39, 0.29) is 18.5 Å². The average molecular weight is 287 g/mol. The average Bonchev–Trinajstić information content (AvgIpc) is 2.75. The van der Waals surface area contributed by atoms with Crippen molar-refractivity contribution in [2.75, 3.05) is 0 Å². The highest BCUT2D eigenvalue weighted by atomic mass is 32.2. The van der Waals surface area contributed by atoms with Gasteiger partial charge in [0.2, 0.25) is 11.1 Å². The molecule has 0 aliphatic carbocycles. The van der Waals surface area contributed by atoms with E-state index in [2.05, 4.69) is 20.8 Å². The van der Waals surface area contributed by atoms with Gasteiger partial charge in [0.1, 0.15) is 6.54 Å². The van der Waals surface area contributed by atoms with E-state index >= 15 is 0 Å². The molecule has 0 aromatic carbocycles. The third kappa shape index (κ3) is 4.86. The van der Waals surface area contributed by atoms with Crippen molar-refractivity contribution in [2.24, 2.45) is 0 Å². The SMILES string of the molecule is CCC(C)NC(=O)C(C)Sc1nnnn1CC(=O)O. The number of carbonyl (C=O) groups is 2. The molecule has 1 rings (SSSR count). The number of aliphatic carboxylic acids is 1. The Kier molecular flexibility index (Phi) is 5.74. The highest BCUT2D eigenvalue weighted by molar-refractivity contribution is 8.00. The van der Waals surface area contributed by atoms with Crippen LogP contribution in [0.3, 0.4) is 0 Å². The zero-order chi connectivity index (χ0) is 14.4. The molecule has 106 valence electrons. The third-order valence-electron chi connectivity index (χ3n) is 2.44. The lowest BCUT2D eigenvalue weighted by molar-refractivity contribution is -0.138. The Labute approximate surface area is 114 Å². The van der Waals surface area contributed by atoms with Crippen LogP contribution in [0.2, 0.25) is 0 Å². The number of carboxylic acids is 1. The Morgan fingerprint density at radius 1 is 1.47 bits per heavy atom. The summed E-state index contributed by atoms with van der Waals surface area (Å²) in [6.07, 6.45) is 0.847. The summed E-state index contributed by atoms with van der Waals surface area (Å²) in [5.41, 5.74) is 0. The van der Waals surface area contributed by atoms with Crippen molar-refractivity contribution < 1.29 is 14.7 Å². The Balaban J connectivity index is 2.61. The van der Waals surface area contributed by atoms with Crippen LogP contribution in [0.5, 0.6) is 0 Å². The standard InChI is InChI=1S/C10H17N5O3S/c1-4-6(2)11-9(18)7(3)19-10-12-13-14-15(10)5-8(16)17/h6-7H,4-5H2,1-3H3,(H,11,18)(H,16,17). The summed E-state index contributed by atoms with van der Waals surface area (Å²) in [4.78, 5) is 22.5. The minimum atomic E-state index is -1.04. The molecule has 19 heavy (non-hydrogen) atoms. The van der Waals surface area contributed by atoms with Gasteiger partial charge < -0.3 is 10.4 Å². The Hall–Kier alpha value is -1.64. The van der Waals surface area contributed by atoms with E-state index in [4.69, 9.17) is 5.11 Å². The smallest absolute Gasteiger partial charge is 0.325 e. The van der Waals surface area contributed by atoms with Crippen molar-refractivity contribution >= 4 is 23.6 Å². The maximum Gasteiger partial charge on any atom is 0.325 e. The lowest BCUT2D eigenvalue weighted by atomic mass is 10.2. The van der Waals surface area contributed by atoms with Gasteiger partial charge in [0, 0.05) is 6.04 Å². The molecule has 0 bridgehead atoms.